The van der Waals surface area contributed by atoms with E-state index in [9.17, 15) is 13.2 Å². The van der Waals surface area contributed by atoms with Gasteiger partial charge >= 0.3 is 6.18 Å². The topological polar surface area (TPSA) is 72.9 Å². The minimum atomic E-state index is -4.60. The lowest BCUT2D eigenvalue weighted by molar-refractivity contribution is -0.146. The van der Waals surface area contributed by atoms with Crippen LogP contribution in [0.3, 0.4) is 0 Å². The van der Waals surface area contributed by atoms with E-state index in [-0.39, 0.29) is 11.7 Å². The lowest BCUT2D eigenvalue weighted by atomic mass is 9.93. The number of alkyl halides is 3. The van der Waals surface area contributed by atoms with Crippen molar-refractivity contribution in [2.75, 3.05) is 5.32 Å². The zero-order valence-corrected chi connectivity index (χ0v) is 12.7. The number of aryl methyl sites for hydroxylation is 1. The van der Waals surface area contributed by atoms with Crippen molar-refractivity contribution >= 4 is 11.5 Å². The molecule has 0 saturated carbocycles. The van der Waals surface area contributed by atoms with E-state index in [1.165, 1.54) is 6.07 Å². The van der Waals surface area contributed by atoms with E-state index in [1.54, 1.807) is 12.3 Å². The van der Waals surface area contributed by atoms with Gasteiger partial charge in [0.2, 0.25) is 0 Å². The van der Waals surface area contributed by atoms with Crippen molar-refractivity contribution in [1.29, 1.82) is 0 Å². The fourth-order valence-corrected chi connectivity index (χ4v) is 3.08. The highest BCUT2D eigenvalue weighted by molar-refractivity contribution is 5.46. The van der Waals surface area contributed by atoms with E-state index >= 15 is 0 Å². The van der Waals surface area contributed by atoms with Gasteiger partial charge in [-0.1, -0.05) is 0 Å². The number of hydrogen-bond acceptors (Lipinski definition) is 5. The molecule has 0 saturated heterocycles. The van der Waals surface area contributed by atoms with Crippen molar-refractivity contribution in [3.8, 4) is 0 Å². The van der Waals surface area contributed by atoms with Crippen LogP contribution in [0.5, 0.6) is 0 Å². The maximum atomic E-state index is 12.9. The van der Waals surface area contributed by atoms with Crippen LogP contribution in [0.4, 0.5) is 19.0 Å². The fourth-order valence-electron chi connectivity index (χ4n) is 3.08. The fraction of sp³-hybridized carbons (Fsp3) is 0.429. The summed E-state index contributed by atoms with van der Waals surface area (Å²) < 4.78 is 41.4. The summed E-state index contributed by atoms with van der Waals surface area (Å²) in [4.78, 5) is 0. The molecule has 1 N–H and O–H groups in total. The Morgan fingerprint density at radius 1 is 1.25 bits per heavy atom. The highest BCUT2D eigenvalue weighted by atomic mass is 19.4. The monoisotopic (exact) mass is 337 g/mol. The van der Waals surface area contributed by atoms with Crippen LogP contribution in [-0.2, 0) is 19.6 Å². The summed E-state index contributed by atoms with van der Waals surface area (Å²) >= 11 is 0. The number of nitrogens with one attached hydrogen (secondary N) is 1. The van der Waals surface area contributed by atoms with Crippen molar-refractivity contribution in [2.45, 2.75) is 31.5 Å². The molecule has 0 fully saturated rings. The predicted molar refractivity (Wildman–Crippen MR) is 78.3 cm³/mol. The van der Waals surface area contributed by atoms with Gasteiger partial charge < -0.3 is 5.32 Å². The van der Waals surface area contributed by atoms with Crippen molar-refractivity contribution < 1.29 is 13.2 Å². The molecule has 7 nitrogen and oxygen atoms in total. The van der Waals surface area contributed by atoms with Crippen LogP contribution < -0.4 is 5.32 Å². The van der Waals surface area contributed by atoms with E-state index in [1.807, 2.05) is 11.7 Å². The van der Waals surface area contributed by atoms with E-state index in [2.05, 4.69) is 25.7 Å². The molecule has 0 aromatic carbocycles. The quantitative estimate of drug-likeness (QED) is 0.777. The number of anilines is 1. The first kappa shape index (κ1) is 14.9. The zero-order chi connectivity index (χ0) is 16.9. The van der Waals surface area contributed by atoms with Crippen molar-refractivity contribution in [1.82, 2.24) is 29.6 Å². The summed E-state index contributed by atoms with van der Waals surface area (Å²) in [6.07, 6.45) is -0.0171. The molecule has 0 amide bonds. The molecule has 10 heteroatoms. The highest BCUT2D eigenvalue weighted by Crippen LogP contribution is 2.32. The smallest absolute Gasteiger partial charge is 0.362 e. The standard InChI is InChI=1S/C14H14F3N7/c1-23-10-4-2-3-9(8(10)7-18-23)19-11-5-6-12-20-21-13(14(15,16)17)24(12)22-11/h5-7,9H,2-4H2,1H3,(H,19,22)/t9-/m1/s1. The Labute approximate surface area is 134 Å². The summed E-state index contributed by atoms with van der Waals surface area (Å²) in [6, 6.07) is 3.04. The Balaban J connectivity index is 1.68. The normalized spacial score (nSPS) is 17.9. The molecular weight excluding hydrogens is 323 g/mol. The zero-order valence-electron chi connectivity index (χ0n) is 12.7. The SMILES string of the molecule is Cn1ncc2c1CCC[C@H]2Nc1ccc2nnc(C(F)(F)F)n2n1. The number of aromatic nitrogens is 6. The molecule has 126 valence electrons. The lowest BCUT2D eigenvalue weighted by Crippen LogP contribution is -2.19. The minimum Gasteiger partial charge on any atom is -0.362 e. The number of halogens is 3. The van der Waals surface area contributed by atoms with Crippen LogP contribution >= 0.6 is 0 Å². The Hall–Kier alpha value is -2.65. The minimum absolute atomic E-state index is 0.0294. The largest absolute Gasteiger partial charge is 0.453 e. The van der Waals surface area contributed by atoms with Gasteiger partial charge in [-0.2, -0.15) is 22.8 Å². The second-order valence-electron chi connectivity index (χ2n) is 5.77. The van der Waals surface area contributed by atoms with Crippen LogP contribution in [-0.4, -0.2) is 29.6 Å². The Kier molecular flexibility index (Phi) is 3.22. The van der Waals surface area contributed by atoms with Gasteiger partial charge in [-0.3, -0.25) is 4.68 Å². The van der Waals surface area contributed by atoms with E-state index in [0.29, 0.717) is 5.82 Å². The first-order valence-electron chi connectivity index (χ1n) is 7.50. The Bertz CT molecular complexity index is 896. The molecule has 1 atom stereocenters. The number of rotatable bonds is 2. The molecule has 3 aromatic rings. The molecule has 0 aliphatic heterocycles. The lowest BCUT2D eigenvalue weighted by Gasteiger charge is -2.24. The third kappa shape index (κ3) is 2.38. The predicted octanol–water partition coefficient (Wildman–Crippen LogP) is 2.37. The molecule has 0 spiro atoms. The van der Waals surface area contributed by atoms with Gasteiger partial charge in [0, 0.05) is 18.3 Å². The van der Waals surface area contributed by atoms with Crippen molar-refractivity contribution in [3.05, 3.63) is 35.4 Å². The molecule has 24 heavy (non-hydrogen) atoms. The third-order valence-corrected chi connectivity index (χ3v) is 4.21. The number of fused-ring (bicyclic) bond motifs is 2. The van der Waals surface area contributed by atoms with Crippen LogP contribution in [0, 0.1) is 0 Å². The summed E-state index contributed by atoms with van der Waals surface area (Å²) in [7, 11) is 1.89. The molecule has 0 radical (unpaired) electrons. The van der Waals surface area contributed by atoms with Crippen LogP contribution in [0.25, 0.3) is 5.65 Å². The molecule has 0 bridgehead atoms. The van der Waals surface area contributed by atoms with Gasteiger partial charge in [0.1, 0.15) is 5.82 Å². The third-order valence-electron chi connectivity index (χ3n) is 4.21. The maximum absolute atomic E-state index is 12.9. The van der Waals surface area contributed by atoms with Crippen LogP contribution in [0.1, 0.15) is 36.0 Å². The molecule has 3 heterocycles. The molecule has 0 unspecified atom stereocenters. The summed E-state index contributed by atoms with van der Waals surface area (Å²) in [5, 5.41) is 18.2. The maximum Gasteiger partial charge on any atom is 0.453 e. The van der Waals surface area contributed by atoms with E-state index in [0.717, 1.165) is 35.0 Å². The van der Waals surface area contributed by atoms with Gasteiger partial charge in [-0.15, -0.1) is 15.3 Å². The van der Waals surface area contributed by atoms with Gasteiger partial charge in [-0.05, 0) is 31.4 Å². The summed E-state index contributed by atoms with van der Waals surface area (Å²) in [5.74, 6) is -0.790. The first-order chi connectivity index (χ1) is 11.4. The molecule has 4 rings (SSSR count). The second-order valence-corrected chi connectivity index (χ2v) is 5.77. The van der Waals surface area contributed by atoms with E-state index in [4.69, 9.17) is 0 Å². The van der Waals surface area contributed by atoms with Gasteiger partial charge in [-0.25, -0.2) is 0 Å². The van der Waals surface area contributed by atoms with Gasteiger partial charge in [0.05, 0.1) is 12.2 Å². The molecular formula is C14H14F3N7. The first-order valence-corrected chi connectivity index (χ1v) is 7.50. The number of nitrogens with zero attached hydrogens (tertiary/aromatic N) is 6. The van der Waals surface area contributed by atoms with E-state index < -0.39 is 12.0 Å². The molecule has 1 aliphatic rings. The van der Waals surface area contributed by atoms with Crippen LogP contribution in [0.15, 0.2) is 18.3 Å². The Morgan fingerprint density at radius 3 is 2.88 bits per heavy atom. The molecule has 1 aliphatic carbocycles. The summed E-state index contributed by atoms with van der Waals surface area (Å²) in [5.41, 5.74) is 2.25. The molecule has 3 aromatic heterocycles. The average molecular weight is 337 g/mol. The van der Waals surface area contributed by atoms with Crippen LogP contribution in [0.2, 0.25) is 0 Å². The van der Waals surface area contributed by atoms with Crippen molar-refractivity contribution in [2.24, 2.45) is 7.05 Å². The second kappa shape index (κ2) is 5.18. The summed E-state index contributed by atoms with van der Waals surface area (Å²) in [6.45, 7) is 0. The average Bonchev–Trinajstić information content (AvgIpc) is 3.11. The van der Waals surface area contributed by atoms with Gasteiger partial charge in [0.15, 0.2) is 5.65 Å². The highest BCUT2D eigenvalue weighted by Gasteiger charge is 2.37. The Morgan fingerprint density at radius 2 is 2.08 bits per heavy atom. The van der Waals surface area contributed by atoms with Crippen molar-refractivity contribution in [3.63, 3.8) is 0 Å². The van der Waals surface area contributed by atoms with Gasteiger partial charge in [0.25, 0.3) is 5.82 Å². The number of hydrogen-bond donors (Lipinski definition) is 1.